The molecule has 5 nitrogen and oxygen atoms in total. The molecule has 0 atom stereocenters. The van der Waals surface area contributed by atoms with E-state index in [1.807, 2.05) is 42.5 Å². The summed E-state index contributed by atoms with van der Waals surface area (Å²) in [4.78, 5) is 11.7. The van der Waals surface area contributed by atoms with Crippen LogP contribution < -0.4 is 14.8 Å². The Morgan fingerprint density at radius 1 is 1.00 bits per heavy atom. The number of ether oxygens (including phenoxy) is 3. The van der Waals surface area contributed by atoms with E-state index in [1.165, 1.54) is 7.11 Å². The Morgan fingerprint density at radius 2 is 1.70 bits per heavy atom. The molecule has 122 valence electrons. The second-order valence-corrected chi connectivity index (χ2v) is 4.84. The first-order valence-electron chi connectivity index (χ1n) is 7.42. The fourth-order valence-electron chi connectivity index (χ4n) is 2.08. The van der Waals surface area contributed by atoms with E-state index in [4.69, 9.17) is 14.2 Å². The van der Waals surface area contributed by atoms with Crippen LogP contribution in [0.5, 0.6) is 11.5 Å². The molecular formula is C18H21NO4. The Balaban J connectivity index is 1.76. The SMILES string of the molecule is COC(=O)c1ccccc1NCCCOc1ccc(OC)cc1. The van der Waals surface area contributed by atoms with Gasteiger partial charge in [0.25, 0.3) is 0 Å². The zero-order valence-electron chi connectivity index (χ0n) is 13.4. The van der Waals surface area contributed by atoms with Crippen molar-refractivity contribution in [3.8, 4) is 11.5 Å². The Hall–Kier alpha value is -2.69. The molecule has 5 heteroatoms. The number of nitrogens with one attached hydrogen (secondary N) is 1. The molecule has 2 rings (SSSR count). The van der Waals surface area contributed by atoms with Crippen molar-refractivity contribution in [1.29, 1.82) is 0 Å². The lowest BCUT2D eigenvalue weighted by atomic mass is 10.2. The normalized spacial score (nSPS) is 10.0. The van der Waals surface area contributed by atoms with E-state index in [-0.39, 0.29) is 5.97 Å². The summed E-state index contributed by atoms with van der Waals surface area (Å²) in [7, 11) is 3.01. The molecule has 0 saturated carbocycles. The number of hydrogen-bond acceptors (Lipinski definition) is 5. The molecule has 2 aromatic rings. The fourth-order valence-corrected chi connectivity index (χ4v) is 2.08. The van der Waals surface area contributed by atoms with Crippen LogP contribution in [0.4, 0.5) is 5.69 Å². The second kappa shape index (κ2) is 8.68. The van der Waals surface area contributed by atoms with Crippen molar-refractivity contribution in [2.45, 2.75) is 6.42 Å². The maximum absolute atomic E-state index is 11.7. The van der Waals surface area contributed by atoms with Crippen LogP contribution in [0.1, 0.15) is 16.8 Å². The molecule has 0 unspecified atom stereocenters. The van der Waals surface area contributed by atoms with Gasteiger partial charge in [0.1, 0.15) is 11.5 Å². The van der Waals surface area contributed by atoms with Gasteiger partial charge in [-0.3, -0.25) is 0 Å². The average Bonchev–Trinajstić information content (AvgIpc) is 2.61. The van der Waals surface area contributed by atoms with Crippen molar-refractivity contribution in [2.24, 2.45) is 0 Å². The smallest absolute Gasteiger partial charge is 0.339 e. The van der Waals surface area contributed by atoms with Crippen LogP contribution in [-0.4, -0.2) is 33.3 Å². The summed E-state index contributed by atoms with van der Waals surface area (Å²) in [6, 6.07) is 14.8. The monoisotopic (exact) mass is 315 g/mol. The Labute approximate surface area is 136 Å². The van der Waals surface area contributed by atoms with E-state index in [0.717, 1.165) is 23.6 Å². The number of carbonyl (C=O) groups excluding carboxylic acids is 1. The minimum absolute atomic E-state index is 0.345. The molecule has 0 aliphatic carbocycles. The highest BCUT2D eigenvalue weighted by Gasteiger charge is 2.09. The lowest BCUT2D eigenvalue weighted by molar-refractivity contribution is 0.0602. The van der Waals surface area contributed by atoms with E-state index in [0.29, 0.717) is 18.7 Å². The largest absolute Gasteiger partial charge is 0.497 e. The summed E-state index contributed by atoms with van der Waals surface area (Å²) in [5.74, 6) is 1.27. The summed E-state index contributed by atoms with van der Waals surface area (Å²) in [6.07, 6.45) is 0.807. The van der Waals surface area contributed by atoms with Gasteiger partial charge in [-0.2, -0.15) is 0 Å². The summed E-state index contributed by atoms with van der Waals surface area (Å²) in [5.41, 5.74) is 1.30. The molecule has 23 heavy (non-hydrogen) atoms. The maximum atomic E-state index is 11.7. The van der Waals surface area contributed by atoms with E-state index >= 15 is 0 Å². The summed E-state index contributed by atoms with van der Waals surface area (Å²) in [5, 5.41) is 3.23. The molecule has 0 aliphatic rings. The molecular weight excluding hydrogens is 294 g/mol. The first-order chi connectivity index (χ1) is 11.2. The highest BCUT2D eigenvalue weighted by molar-refractivity contribution is 5.95. The summed E-state index contributed by atoms with van der Waals surface area (Å²) < 4.78 is 15.5. The molecule has 0 aromatic heterocycles. The standard InChI is InChI=1S/C18H21NO4/c1-21-14-8-10-15(11-9-14)23-13-5-12-19-17-7-4-3-6-16(17)18(20)22-2/h3-4,6-11,19H,5,12-13H2,1-2H3. The van der Waals surface area contributed by atoms with E-state index < -0.39 is 0 Å². The zero-order chi connectivity index (χ0) is 16.5. The molecule has 0 spiro atoms. The van der Waals surface area contributed by atoms with Crippen LogP contribution in [0, 0.1) is 0 Å². The van der Waals surface area contributed by atoms with Gasteiger partial charge in [-0.05, 0) is 42.8 Å². The van der Waals surface area contributed by atoms with Crippen LogP contribution >= 0.6 is 0 Å². The number of benzene rings is 2. The predicted molar refractivity (Wildman–Crippen MR) is 89.4 cm³/mol. The van der Waals surface area contributed by atoms with Crippen molar-refractivity contribution in [3.05, 3.63) is 54.1 Å². The summed E-state index contributed by atoms with van der Waals surface area (Å²) >= 11 is 0. The minimum Gasteiger partial charge on any atom is -0.497 e. The molecule has 0 heterocycles. The number of anilines is 1. The summed E-state index contributed by atoms with van der Waals surface area (Å²) in [6.45, 7) is 1.28. The molecule has 1 N–H and O–H groups in total. The number of rotatable bonds is 8. The molecule has 0 amide bonds. The number of para-hydroxylation sites is 1. The highest BCUT2D eigenvalue weighted by atomic mass is 16.5. The van der Waals surface area contributed by atoms with Gasteiger partial charge in [-0.1, -0.05) is 12.1 Å². The van der Waals surface area contributed by atoms with Gasteiger partial charge in [0.15, 0.2) is 0 Å². The predicted octanol–water partition coefficient (Wildman–Crippen LogP) is 3.36. The second-order valence-electron chi connectivity index (χ2n) is 4.84. The Bertz CT molecular complexity index is 625. The van der Waals surface area contributed by atoms with Gasteiger partial charge in [-0.25, -0.2) is 4.79 Å². The van der Waals surface area contributed by atoms with E-state index in [9.17, 15) is 4.79 Å². The van der Waals surface area contributed by atoms with Gasteiger partial charge in [0.05, 0.1) is 26.4 Å². The third-order valence-electron chi connectivity index (χ3n) is 3.30. The van der Waals surface area contributed by atoms with Gasteiger partial charge in [0, 0.05) is 12.2 Å². The topological polar surface area (TPSA) is 56.8 Å². The third-order valence-corrected chi connectivity index (χ3v) is 3.30. The van der Waals surface area contributed by atoms with Crippen molar-refractivity contribution in [1.82, 2.24) is 0 Å². The van der Waals surface area contributed by atoms with Crippen LogP contribution in [0.15, 0.2) is 48.5 Å². The van der Waals surface area contributed by atoms with Crippen molar-refractivity contribution >= 4 is 11.7 Å². The van der Waals surface area contributed by atoms with Gasteiger partial charge < -0.3 is 19.5 Å². The highest BCUT2D eigenvalue weighted by Crippen LogP contribution is 2.18. The zero-order valence-corrected chi connectivity index (χ0v) is 13.4. The van der Waals surface area contributed by atoms with Crippen molar-refractivity contribution in [2.75, 3.05) is 32.7 Å². The molecule has 0 saturated heterocycles. The number of hydrogen-bond donors (Lipinski definition) is 1. The lowest BCUT2D eigenvalue weighted by Gasteiger charge is -2.11. The van der Waals surface area contributed by atoms with Crippen molar-refractivity contribution in [3.63, 3.8) is 0 Å². The first kappa shape index (κ1) is 16.7. The van der Waals surface area contributed by atoms with Crippen molar-refractivity contribution < 1.29 is 19.0 Å². The van der Waals surface area contributed by atoms with Gasteiger partial charge >= 0.3 is 5.97 Å². The van der Waals surface area contributed by atoms with Crippen LogP contribution in [0.3, 0.4) is 0 Å². The third kappa shape index (κ3) is 4.92. The molecule has 0 radical (unpaired) electrons. The first-order valence-corrected chi connectivity index (χ1v) is 7.42. The number of carbonyl (C=O) groups is 1. The Kier molecular flexibility index (Phi) is 6.29. The lowest BCUT2D eigenvalue weighted by Crippen LogP contribution is -2.11. The molecule has 0 fully saturated rings. The van der Waals surface area contributed by atoms with Crippen LogP contribution in [-0.2, 0) is 4.74 Å². The quantitative estimate of drug-likeness (QED) is 0.598. The van der Waals surface area contributed by atoms with E-state index in [1.54, 1.807) is 13.2 Å². The number of methoxy groups -OCH3 is 2. The van der Waals surface area contributed by atoms with Gasteiger partial charge in [0.2, 0.25) is 0 Å². The van der Waals surface area contributed by atoms with E-state index in [2.05, 4.69) is 5.32 Å². The van der Waals surface area contributed by atoms with Gasteiger partial charge in [-0.15, -0.1) is 0 Å². The molecule has 2 aromatic carbocycles. The van der Waals surface area contributed by atoms with Crippen LogP contribution in [0.25, 0.3) is 0 Å². The average molecular weight is 315 g/mol. The maximum Gasteiger partial charge on any atom is 0.339 e. The minimum atomic E-state index is -0.345. The number of esters is 1. The van der Waals surface area contributed by atoms with Crippen LogP contribution in [0.2, 0.25) is 0 Å². The fraction of sp³-hybridized carbons (Fsp3) is 0.278. The Morgan fingerprint density at radius 3 is 2.39 bits per heavy atom. The molecule has 0 bridgehead atoms. The molecule has 0 aliphatic heterocycles.